The van der Waals surface area contributed by atoms with Crippen molar-refractivity contribution in [3.63, 3.8) is 0 Å². The number of aliphatic carboxylic acids is 1. The van der Waals surface area contributed by atoms with Gasteiger partial charge in [-0.2, -0.15) is 13.2 Å². The summed E-state index contributed by atoms with van der Waals surface area (Å²) < 4.78 is 52.1. The van der Waals surface area contributed by atoms with E-state index in [1.54, 1.807) is 12.1 Å². The highest BCUT2D eigenvalue weighted by atomic mass is 19.4. The molecule has 170 valence electrons. The molecule has 0 amide bonds. The van der Waals surface area contributed by atoms with Gasteiger partial charge in [0.05, 0.1) is 25.0 Å². The van der Waals surface area contributed by atoms with Crippen LogP contribution >= 0.6 is 0 Å². The van der Waals surface area contributed by atoms with Crippen LogP contribution in [0.3, 0.4) is 0 Å². The molecule has 0 bridgehead atoms. The van der Waals surface area contributed by atoms with E-state index in [1.807, 2.05) is 19.9 Å². The summed E-state index contributed by atoms with van der Waals surface area (Å²) in [6, 6.07) is 8.82. The first kappa shape index (κ1) is 23.3. The van der Waals surface area contributed by atoms with Crippen LogP contribution in [0.1, 0.15) is 60.6 Å². The Balaban J connectivity index is 2.26. The van der Waals surface area contributed by atoms with Crippen molar-refractivity contribution in [2.45, 2.75) is 45.2 Å². The zero-order valence-electron chi connectivity index (χ0n) is 18.0. The van der Waals surface area contributed by atoms with E-state index in [1.165, 1.54) is 20.1 Å². The van der Waals surface area contributed by atoms with Crippen LogP contribution in [-0.4, -0.2) is 28.4 Å². The van der Waals surface area contributed by atoms with Gasteiger partial charge in [-0.1, -0.05) is 26.0 Å². The molecule has 0 saturated carbocycles. The van der Waals surface area contributed by atoms with Crippen LogP contribution in [0.4, 0.5) is 13.2 Å². The number of rotatable bonds is 7. The van der Waals surface area contributed by atoms with Crippen LogP contribution < -0.4 is 4.74 Å². The Bertz CT molecular complexity index is 1120. The molecule has 1 heterocycles. The molecule has 32 heavy (non-hydrogen) atoms. The van der Waals surface area contributed by atoms with Crippen molar-refractivity contribution < 1.29 is 32.2 Å². The molecule has 1 N–H and O–H groups in total. The summed E-state index contributed by atoms with van der Waals surface area (Å²) in [6.07, 6.45) is -5.16. The second kappa shape index (κ2) is 9.02. The van der Waals surface area contributed by atoms with Gasteiger partial charge in [-0.25, -0.2) is 0 Å². The van der Waals surface area contributed by atoms with Crippen LogP contribution in [-0.2, 0) is 11.0 Å². The van der Waals surface area contributed by atoms with Gasteiger partial charge < -0.3 is 14.3 Å². The minimum absolute atomic E-state index is 0.0573. The van der Waals surface area contributed by atoms with Gasteiger partial charge in [-0.05, 0) is 46.9 Å². The summed E-state index contributed by atoms with van der Waals surface area (Å²) in [7, 11) is 1.44. The van der Waals surface area contributed by atoms with E-state index in [0.717, 1.165) is 17.7 Å². The van der Waals surface area contributed by atoms with Crippen LogP contribution in [0, 0.1) is 6.92 Å². The molecule has 0 spiro atoms. The number of methoxy groups -OCH3 is 1. The molecular weight excluding hydrogens is 425 g/mol. The van der Waals surface area contributed by atoms with Gasteiger partial charge in [0.15, 0.2) is 0 Å². The molecule has 1 aromatic heterocycles. The van der Waals surface area contributed by atoms with Crippen molar-refractivity contribution >= 4 is 5.97 Å². The van der Waals surface area contributed by atoms with E-state index >= 15 is 0 Å². The molecule has 0 fully saturated rings. The zero-order valence-corrected chi connectivity index (χ0v) is 18.0. The van der Waals surface area contributed by atoms with Crippen molar-refractivity contribution in [3.8, 4) is 16.9 Å². The first-order chi connectivity index (χ1) is 15.0. The Morgan fingerprint density at radius 2 is 1.84 bits per heavy atom. The molecule has 3 rings (SSSR count). The van der Waals surface area contributed by atoms with Crippen LogP contribution in [0.15, 0.2) is 40.8 Å². The van der Waals surface area contributed by atoms with Crippen LogP contribution in [0.5, 0.6) is 5.75 Å². The van der Waals surface area contributed by atoms with E-state index in [0.29, 0.717) is 11.3 Å². The second-order valence-corrected chi connectivity index (χ2v) is 7.77. The molecule has 3 aromatic rings. The number of ether oxygens (including phenoxy) is 1. The number of hydrogen-bond donors (Lipinski definition) is 1. The lowest BCUT2D eigenvalue weighted by atomic mass is 9.89. The number of benzene rings is 2. The quantitative estimate of drug-likeness (QED) is 0.492. The zero-order chi connectivity index (χ0) is 23.6. The molecule has 9 heteroatoms. The number of aryl methyl sites for hydroxylation is 1. The van der Waals surface area contributed by atoms with Gasteiger partial charge in [0.25, 0.3) is 0 Å². The number of carboxylic acid groups (broad SMARTS) is 1. The number of hydrogen-bond acceptors (Lipinski definition) is 5. The SMILES string of the molecule is COc1ccc(C(C)C)cc1-c1cc(C(CC(=O)O)c2nnc(C)o2)cc(C(F)(F)F)c1. The highest BCUT2D eigenvalue weighted by Crippen LogP contribution is 2.40. The summed E-state index contributed by atoms with van der Waals surface area (Å²) in [5.41, 5.74) is 0.850. The van der Waals surface area contributed by atoms with Gasteiger partial charge in [-0.15, -0.1) is 10.2 Å². The Kier molecular flexibility index (Phi) is 6.57. The Morgan fingerprint density at radius 1 is 1.12 bits per heavy atom. The van der Waals surface area contributed by atoms with Gasteiger partial charge in [0, 0.05) is 12.5 Å². The Morgan fingerprint density at radius 3 is 2.38 bits per heavy atom. The molecular formula is C23H23F3N2O4. The van der Waals surface area contributed by atoms with Crippen molar-refractivity contribution in [2.75, 3.05) is 7.11 Å². The van der Waals surface area contributed by atoms with Crippen LogP contribution in [0.25, 0.3) is 11.1 Å². The maximum Gasteiger partial charge on any atom is 0.416 e. The van der Waals surface area contributed by atoms with Crippen molar-refractivity contribution in [2.24, 2.45) is 0 Å². The van der Waals surface area contributed by atoms with E-state index in [9.17, 15) is 23.1 Å². The molecule has 0 saturated heterocycles. The molecule has 1 unspecified atom stereocenters. The minimum Gasteiger partial charge on any atom is -0.496 e. The summed E-state index contributed by atoms with van der Waals surface area (Å²) in [4.78, 5) is 11.5. The lowest BCUT2D eigenvalue weighted by Gasteiger charge is -2.19. The van der Waals surface area contributed by atoms with Crippen molar-refractivity contribution in [1.82, 2.24) is 10.2 Å². The fourth-order valence-corrected chi connectivity index (χ4v) is 3.46. The summed E-state index contributed by atoms with van der Waals surface area (Å²) >= 11 is 0. The van der Waals surface area contributed by atoms with Gasteiger partial charge in [-0.3, -0.25) is 4.79 Å². The van der Waals surface area contributed by atoms with Gasteiger partial charge >= 0.3 is 12.1 Å². The number of alkyl halides is 3. The average molecular weight is 448 g/mol. The van der Waals surface area contributed by atoms with E-state index < -0.39 is 30.0 Å². The normalized spacial score (nSPS) is 12.8. The third-order valence-electron chi connectivity index (χ3n) is 5.10. The number of aromatic nitrogens is 2. The van der Waals surface area contributed by atoms with E-state index in [4.69, 9.17) is 9.15 Å². The fourth-order valence-electron chi connectivity index (χ4n) is 3.46. The monoisotopic (exact) mass is 448 g/mol. The minimum atomic E-state index is -4.65. The first-order valence-corrected chi connectivity index (χ1v) is 9.92. The second-order valence-electron chi connectivity index (χ2n) is 7.77. The average Bonchev–Trinajstić information content (AvgIpc) is 3.16. The highest BCUT2D eigenvalue weighted by molar-refractivity contribution is 5.74. The predicted octanol–water partition coefficient (Wildman–Crippen LogP) is 5.80. The topological polar surface area (TPSA) is 85.5 Å². The van der Waals surface area contributed by atoms with Crippen LogP contribution in [0.2, 0.25) is 0 Å². The lowest BCUT2D eigenvalue weighted by Crippen LogP contribution is -2.12. The maximum atomic E-state index is 13.8. The van der Waals surface area contributed by atoms with Crippen molar-refractivity contribution in [1.29, 1.82) is 0 Å². The Hall–Kier alpha value is -3.36. The third kappa shape index (κ3) is 5.09. The molecule has 0 aliphatic heterocycles. The molecule has 6 nitrogen and oxygen atoms in total. The van der Waals surface area contributed by atoms with Gasteiger partial charge in [0.1, 0.15) is 5.75 Å². The predicted molar refractivity (Wildman–Crippen MR) is 111 cm³/mol. The fraction of sp³-hybridized carbons (Fsp3) is 0.348. The maximum absolute atomic E-state index is 13.8. The van der Waals surface area contributed by atoms with Crippen molar-refractivity contribution in [3.05, 3.63) is 64.9 Å². The smallest absolute Gasteiger partial charge is 0.416 e. The molecule has 0 aliphatic carbocycles. The summed E-state index contributed by atoms with van der Waals surface area (Å²) in [6.45, 7) is 5.47. The third-order valence-corrected chi connectivity index (χ3v) is 5.10. The number of nitrogens with zero attached hydrogens (tertiary/aromatic N) is 2. The molecule has 1 atom stereocenters. The summed E-state index contributed by atoms with van der Waals surface area (Å²) in [5.74, 6) is -1.57. The lowest BCUT2D eigenvalue weighted by molar-refractivity contribution is -0.138. The standard InChI is InChI=1S/C23H23F3N2O4/c1-12(2)14-5-6-20(31-4)18(10-14)15-7-16(9-17(8-15)23(24,25)26)19(11-21(29)30)22-28-27-13(3)32-22/h5-10,12,19H,11H2,1-4H3,(H,29,30). The first-order valence-electron chi connectivity index (χ1n) is 9.92. The van der Waals surface area contributed by atoms with E-state index in [2.05, 4.69) is 10.2 Å². The molecule has 2 aromatic carbocycles. The highest BCUT2D eigenvalue weighted by Gasteiger charge is 2.34. The molecule has 0 aliphatic rings. The van der Waals surface area contributed by atoms with E-state index in [-0.39, 0.29) is 28.8 Å². The Labute approximate surface area is 183 Å². The molecule has 0 radical (unpaired) electrons. The largest absolute Gasteiger partial charge is 0.496 e. The number of carbonyl (C=O) groups is 1. The summed E-state index contributed by atoms with van der Waals surface area (Å²) in [5, 5.41) is 16.9. The number of halogens is 3. The number of carboxylic acids is 1. The van der Waals surface area contributed by atoms with Gasteiger partial charge in [0.2, 0.25) is 11.8 Å².